The third kappa shape index (κ3) is 2.01. The third-order valence-corrected chi connectivity index (χ3v) is 1.78. The SMILES string of the molecule is CN[C@H](C)C1CC1.Cl. The molecule has 0 heterocycles. The normalized spacial score (nSPS) is 21.8. The molecule has 0 bridgehead atoms. The fourth-order valence-electron chi connectivity index (χ4n) is 0.832. The van der Waals surface area contributed by atoms with Crippen molar-refractivity contribution in [2.24, 2.45) is 5.92 Å². The molecular weight excluding hydrogens is 122 g/mol. The molecule has 1 atom stereocenters. The summed E-state index contributed by atoms with van der Waals surface area (Å²) in [6, 6.07) is 0.764. The van der Waals surface area contributed by atoms with Gasteiger partial charge in [0.1, 0.15) is 0 Å². The van der Waals surface area contributed by atoms with Crippen LogP contribution in [0.3, 0.4) is 0 Å². The highest BCUT2D eigenvalue weighted by Crippen LogP contribution is 2.31. The highest BCUT2D eigenvalue weighted by molar-refractivity contribution is 5.85. The summed E-state index contributed by atoms with van der Waals surface area (Å²) in [7, 11) is 2.03. The summed E-state index contributed by atoms with van der Waals surface area (Å²) in [5, 5.41) is 3.23. The molecule has 0 aliphatic heterocycles. The van der Waals surface area contributed by atoms with Crippen LogP contribution in [0.1, 0.15) is 19.8 Å². The van der Waals surface area contributed by atoms with Crippen LogP contribution in [0.15, 0.2) is 0 Å². The number of nitrogens with one attached hydrogen (secondary N) is 1. The van der Waals surface area contributed by atoms with E-state index in [1.54, 1.807) is 0 Å². The molecule has 0 saturated heterocycles. The van der Waals surface area contributed by atoms with E-state index in [-0.39, 0.29) is 12.4 Å². The van der Waals surface area contributed by atoms with E-state index in [9.17, 15) is 0 Å². The molecule has 0 amide bonds. The van der Waals surface area contributed by atoms with Crippen LogP contribution in [-0.4, -0.2) is 13.1 Å². The lowest BCUT2D eigenvalue weighted by Gasteiger charge is -2.04. The molecule has 0 aromatic carbocycles. The zero-order valence-corrected chi connectivity index (χ0v) is 6.29. The minimum Gasteiger partial charge on any atom is -0.317 e. The smallest absolute Gasteiger partial charge is 0.00640 e. The molecule has 1 nitrogen and oxygen atoms in total. The summed E-state index contributed by atoms with van der Waals surface area (Å²) in [6.45, 7) is 2.25. The quantitative estimate of drug-likeness (QED) is 0.604. The lowest BCUT2D eigenvalue weighted by atomic mass is 10.2. The molecule has 0 aromatic rings. The molecule has 0 spiro atoms. The van der Waals surface area contributed by atoms with Gasteiger partial charge in [0.2, 0.25) is 0 Å². The van der Waals surface area contributed by atoms with Crippen molar-refractivity contribution in [1.29, 1.82) is 0 Å². The van der Waals surface area contributed by atoms with E-state index in [4.69, 9.17) is 0 Å². The maximum absolute atomic E-state index is 3.23. The summed E-state index contributed by atoms with van der Waals surface area (Å²) < 4.78 is 0. The summed E-state index contributed by atoms with van der Waals surface area (Å²) in [6.07, 6.45) is 2.89. The topological polar surface area (TPSA) is 12.0 Å². The van der Waals surface area contributed by atoms with Crippen LogP contribution in [0.2, 0.25) is 0 Å². The molecular formula is C6H14ClN. The third-order valence-electron chi connectivity index (χ3n) is 1.78. The Labute approximate surface area is 57.3 Å². The summed E-state index contributed by atoms with van der Waals surface area (Å²) in [5.41, 5.74) is 0. The predicted octanol–water partition coefficient (Wildman–Crippen LogP) is 1.43. The van der Waals surface area contributed by atoms with Gasteiger partial charge in [-0.25, -0.2) is 0 Å². The lowest BCUT2D eigenvalue weighted by Crippen LogP contribution is -2.22. The summed E-state index contributed by atoms with van der Waals surface area (Å²) >= 11 is 0. The minimum atomic E-state index is 0. The largest absolute Gasteiger partial charge is 0.317 e. The van der Waals surface area contributed by atoms with E-state index in [2.05, 4.69) is 12.2 Å². The second kappa shape index (κ2) is 3.31. The fraction of sp³-hybridized carbons (Fsp3) is 1.00. The van der Waals surface area contributed by atoms with Crippen molar-refractivity contribution < 1.29 is 0 Å². The Hall–Kier alpha value is 0.250. The number of rotatable bonds is 2. The first-order valence-corrected chi connectivity index (χ1v) is 3.02. The van der Waals surface area contributed by atoms with Crippen LogP contribution in [0.4, 0.5) is 0 Å². The Morgan fingerprint density at radius 3 is 2.12 bits per heavy atom. The lowest BCUT2D eigenvalue weighted by molar-refractivity contribution is 0.546. The Balaban J connectivity index is 0.000000490. The molecule has 1 aliphatic rings. The molecule has 8 heavy (non-hydrogen) atoms. The number of hydrogen-bond donors (Lipinski definition) is 1. The Morgan fingerprint density at radius 2 is 2.00 bits per heavy atom. The Morgan fingerprint density at radius 1 is 1.50 bits per heavy atom. The molecule has 0 radical (unpaired) electrons. The second-order valence-electron chi connectivity index (χ2n) is 2.41. The van der Waals surface area contributed by atoms with Gasteiger partial charge in [-0.15, -0.1) is 12.4 Å². The first kappa shape index (κ1) is 8.25. The molecule has 0 unspecified atom stereocenters. The zero-order chi connectivity index (χ0) is 5.28. The summed E-state index contributed by atoms with van der Waals surface area (Å²) in [4.78, 5) is 0. The van der Waals surface area contributed by atoms with Crippen molar-refractivity contribution >= 4 is 12.4 Å². The average molecular weight is 136 g/mol. The molecule has 1 N–H and O–H groups in total. The molecule has 1 saturated carbocycles. The zero-order valence-electron chi connectivity index (χ0n) is 5.48. The van der Waals surface area contributed by atoms with E-state index in [0.29, 0.717) is 0 Å². The molecule has 1 aliphatic carbocycles. The highest BCUT2D eigenvalue weighted by Gasteiger charge is 2.26. The maximum Gasteiger partial charge on any atom is 0.00640 e. The van der Waals surface area contributed by atoms with Gasteiger partial charge in [-0.05, 0) is 32.7 Å². The maximum atomic E-state index is 3.23. The Bertz CT molecular complexity index is 61.5. The van der Waals surface area contributed by atoms with Gasteiger partial charge in [-0.2, -0.15) is 0 Å². The van der Waals surface area contributed by atoms with Crippen molar-refractivity contribution in [1.82, 2.24) is 5.32 Å². The van der Waals surface area contributed by atoms with Gasteiger partial charge in [0.15, 0.2) is 0 Å². The van der Waals surface area contributed by atoms with Crippen LogP contribution in [-0.2, 0) is 0 Å². The molecule has 0 aromatic heterocycles. The van der Waals surface area contributed by atoms with E-state index >= 15 is 0 Å². The van der Waals surface area contributed by atoms with Crippen molar-refractivity contribution in [3.8, 4) is 0 Å². The van der Waals surface area contributed by atoms with Crippen LogP contribution < -0.4 is 5.32 Å². The Kier molecular flexibility index (Phi) is 3.41. The van der Waals surface area contributed by atoms with Crippen molar-refractivity contribution in [2.75, 3.05) is 7.05 Å². The minimum absolute atomic E-state index is 0. The van der Waals surface area contributed by atoms with E-state index in [1.807, 2.05) is 7.05 Å². The summed E-state index contributed by atoms with van der Waals surface area (Å²) in [5.74, 6) is 1.00. The van der Waals surface area contributed by atoms with Gasteiger partial charge in [-0.1, -0.05) is 0 Å². The number of hydrogen-bond acceptors (Lipinski definition) is 1. The van der Waals surface area contributed by atoms with Gasteiger partial charge in [0, 0.05) is 6.04 Å². The fourth-order valence-corrected chi connectivity index (χ4v) is 0.832. The average Bonchev–Trinajstić information content (AvgIpc) is 2.44. The van der Waals surface area contributed by atoms with Crippen molar-refractivity contribution in [3.63, 3.8) is 0 Å². The monoisotopic (exact) mass is 135 g/mol. The van der Waals surface area contributed by atoms with Crippen LogP contribution in [0.25, 0.3) is 0 Å². The molecule has 1 rings (SSSR count). The molecule has 2 heteroatoms. The van der Waals surface area contributed by atoms with Crippen LogP contribution >= 0.6 is 12.4 Å². The van der Waals surface area contributed by atoms with E-state index in [1.165, 1.54) is 12.8 Å². The first-order valence-electron chi connectivity index (χ1n) is 3.02. The second-order valence-corrected chi connectivity index (χ2v) is 2.41. The van der Waals surface area contributed by atoms with Crippen LogP contribution in [0, 0.1) is 5.92 Å². The molecule has 50 valence electrons. The van der Waals surface area contributed by atoms with Gasteiger partial charge < -0.3 is 5.32 Å². The van der Waals surface area contributed by atoms with Gasteiger partial charge in [-0.3, -0.25) is 0 Å². The molecule has 1 fully saturated rings. The predicted molar refractivity (Wildman–Crippen MR) is 38.5 cm³/mol. The standard InChI is InChI=1S/C6H13N.ClH/c1-5(7-2)6-3-4-6;/h5-7H,3-4H2,1-2H3;1H/t5-;/m1./s1. The van der Waals surface area contributed by atoms with Gasteiger partial charge in [0.25, 0.3) is 0 Å². The van der Waals surface area contributed by atoms with Crippen LogP contribution in [0.5, 0.6) is 0 Å². The number of halogens is 1. The highest BCUT2D eigenvalue weighted by atomic mass is 35.5. The van der Waals surface area contributed by atoms with Crippen molar-refractivity contribution in [2.45, 2.75) is 25.8 Å². The van der Waals surface area contributed by atoms with E-state index in [0.717, 1.165) is 12.0 Å². The van der Waals surface area contributed by atoms with Gasteiger partial charge >= 0.3 is 0 Å². The first-order chi connectivity index (χ1) is 3.34. The van der Waals surface area contributed by atoms with Crippen molar-refractivity contribution in [3.05, 3.63) is 0 Å². The van der Waals surface area contributed by atoms with E-state index < -0.39 is 0 Å². The van der Waals surface area contributed by atoms with Gasteiger partial charge in [0.05, 0.1) is 0 Å².